The van der Waals surface area contributed by atoms with E-state index in [9.17, 15) is 5.21 Å². The first-order chi connectivity index (χ1) is 6.72. The number of benzene rings is 1. The number of pyridine rings is 1. The van der Waals surface area contributed by atoms with Crippen LogP contribution in [0.4, 0.5) is 0 Å². The van der Waals surface area contributed by atoms with E-state index in [1.165, 1.54) is 12.3 Å². The molecule has 0 unspecified atom stereocenters. The fourth-order valence-electron chi connectivity index (χ4n) is 1.31. The van der Waals surface area contributed by atoms with Gasteiger partial charge < -0.3 is 10.4 Å². The maximum Gasteiger partial charge on any atom is 0.113 e. The number of halogens is 1. The molecular weight excluding hydrogens is 204 g/mol. The van der Waals surface area contributed by atoms with Crippen LogP contribution >= 0.6 is 11.6 Å². The van der Waals surface area contributed by atoms with Gasteiger partial charge in [0.25, 0.3) is 0 Å². The average Bonchev–Trinajstić information content (AvgIpc) is 2.19. The maximum atomic E-state index is 9.45. The van der Waals surface area contributed by atoms with Crippen LogP contribution in [-0.2, 0) is 0 Å². The van der Waals surface area contributed by atoms with E-state index in [1.807, 2.05) is 0 Å². The minimum Gasteiger partial charge on any atom is -0.428 e. The molecule has 2 N–H and O–H groups in total. The van der Waals surface area contributed by atoms with Crippen LogP contribution in [-0.4, -0.2) is 15.1 Å². The third-order valence-electron chi connectivity index (χ3n) is 1.96. The number of rotatable bonds is 0. The molecule has 5 heteroatoms. The summed E-state index contributed by atoms with van der Waals surface area (Å²) in [5, 5.41) is 22.8. The molecule has 0 aliphatic heterocycles. The smallest absolute Gasteiger partial charge is 0.113 e. The fourth-order valence-corrected chi connectivity index (χ4v) is 1.48. The second kappa shape index (κ2) is 3.23. The summed E-state index contributed by atoms with van der Waals surface area (Å²) in [7, 11) is 0. The molecule has 1 aromatic heterocycles. The first kappa shape index (κ1) is 8.90. The molecule has 0 radical (unpaired) electrons. The molecule has 0 aliphatic rings. The summed E-state index contributed by atoms with van der Waals surface area (Å²) in [6, 6.07) is 6.43. The molecule has 14 heavy (non-hydrogen) atoms. The SMILES string of the molecule is O/N=c1\ccn(O)c2cc(Cl)ccc12. The van der Waals surface area contributed by atoms with Gasteiger partial charge in [0, 0.05) is 16.6 Å². The van der Waals surface area contributed by atoms with Crippen LogP contribution in [0.2, 0.25) is 5.02 Å². The van der Waals surface area contributed by atoms with E-state index >= 15 is 0 Å². The Kier molecular flexibility index (Phi) is 2.05. The summed E-state index contributed by atoms with van der Waals surface area (Å²) >= 11 is 5.77. The van der Waals surface area contributed by atoms with Gasteiger partial charge in [0.15, 0.2) is 0 Å². The van der Waals surface area contributed by atoms with Crippen molar-refractivity contribution >= 4 is 22.5 Å². The lowest BCUT2D eigenvalue weighted by Gasteiger charge is -2.03. The lowest BCUT2D eigenvalue weighted by Crippen LogP contribution is -2.07. The molecule has 0 saturated heterocycles. The van der Waals surface area contributed by atoms with E-state index < -0.39 is 0 Å². The minimum absolute atomic E-state index is 0.391. The summed E-state index contributed by atoms with van der Waals surface area (Å²) < 4.78 is 0.926. The fraction of sp³-hybridized carbons (Fsp3) is 0. The van der Waals surface area contributed by atoms with Gasteiger partial charge >= 0.3 is 0 Å². The molecule has 0 fully saturated rings. The van der Waals surface area contributed by atoms with Gasteiger partial charge in [0.2, 0.25) is 0 Å². The number of hydrogen-bond donors (Lipinski definition) is 2. The Morgan fingerprint density at radius 2 is 2.07 bits per heavy atom. The Morgan fingerprint density at radius 1 is 1.29 bits per heavy atom. The van der Waals surface area contributed by atoms with Crippen molar-refractivity contribution in [3.05, 3.63) is 40.8 Å². The van der Waals surface area contributed by atoms with Crippen molar-refractivity contribution in [1.82, 2.24) is 4.73 Å². The highest BCUT2D eigenvalue weighted by Gasteiger charge is 2.01. The first-order valence-corrected chi connectivity index (χ1v) is 4.28. The van der Waals surface area contributed by atoms with E-state index in [-0.39, 0.29) is 0 Å². The standard InChI is InChI=1S/C9H7ClN2O2/c10-6-1-2-7-8(11-13)3-4-12(14)9(7)5-6/h1-5,13-14H/b11-8+. The highest BCUT2D eigenvalue weighted by Crippen LogP contribution is 2.15. The lowest BCUT2D eigenvalue weighted by atomic mass is 10.2. The van der Waals surface area contributed by atoms with Crippen molar-refractivity contribution in [1.29, 1.82) is 0 Å². The number of hydrogen-bond acceptors (Lipinski definition) is 3. The van der Waals surface area contributed by atoms with Gasteiger partial charge in [-0.3, -0.25) is 0 Å². The Morgan fingerprint density at radius 3 is 2.79 bits per heavy atom. The van der Waals surface area contributed by atoms with Gasteiger partial charge in [-0.15, -0.1) is 0 Å². The van der Waals surface area contributed by atoms with Crippen molar-refractivity contribution < 1.29 is 10.4 Å². The molecule has 4 nitrogen and oxygen atoms in total. The van der Waals surface area contributed by atoms with E-state index in [0.29, 0.717) is 21.3 Å². The van der Waals surface area contributed by atoms with Gasteiger partial charge in [-0.25, -0.2) is 0 Å². The normalized spacial score (nSPS) is 12.2. The van der Waals surface area contributed by atoms with Crippen molar-refractivity contribution in [2.45, 2.75) is 0 Å². The molecule has 2 aromatic rings. The Hall–Kier alpha value is -1.68. The zero-order chi connectivity index (χ0) is 10.1. The third-order valence-corrected chi connectivity index (χ3v) is 2.20. The van der Waals surface area contributed by atoms with Crippen LogP contribution in [0.25, 0.3) is 10.9 Å². The topological polar surface area (TPSA) is 57.8 Å². The first-order valence-electron chi connectivity index (χ1n) is 3.90. The summed E-state index contributed by atoms with van der Waals surface area (Å²) in [4.78, 5) is 0. The molecule has 0 bridgehead atoms. The van der Waals surface area contributed by atoms with Crippen LogP contribution in [0.3, 0.4) is 0 Å². The molecule has 0 atom stereocenters. The van der Waals surface area contributed by atoms with Crippen molar-refractivity contribution in [3.8, 4) is 0 Å². The van der Waals surface area contributed by atoms with Crippen molar-refractivity contribution in [2.75, 3.05) is 0 Å². The molecule has 72 valence electrons. The van der Waals surface area contributed by atoms with Gasteiger partial charge in [0.05, 0.1) is 5.52 Å². The quantitative estimate of drug-likeness (QED) is 0.396. The Labute approximate surface area is 84.2 Å². The molecule has 1 aromatic carbocycles. The molecule has 0 amide bonds. The zero-order valence-electron chi connectivity index (χ0n) is 7.05. The monoisotopic (exact) mass is 210 g/mol. The number of fused-ring (bicyclic) bond motifs is 1. The molecule has 1 heterocycles. The summed E-state index contributed by atoms with van der Waals surface area (Å²) in [5.74, 6) is 0. The Bertz CT molecular complexity index is 548. The van der Waals surface area contributed by atoms with Crippen molar-refractivity contribution in [2.24, 2.45) is 5.16 Å². The van der Waals surface area contributed by atoms with Crippen molar-refractivity contribution in [3.63, 3.8) is 0 Å². The minimum atomic E-state index is 0.391. The second-order valence-corrected chi connectivity index (χ2v) is 3.24. The van der Waals surface area contributed by atoms with Gasteiger partial charge in [-0.05, 0) is 24.3 Å². The van der Waals surface area contributed by atoms with E-state index in [2.05, 4.69) is 5.16 Å². The number of aromatic nitrogens is 1. The third kappa shape index (κ3) is 1.29. The second-order valence-electron chi connectivity index (χ2n) is 2.81. The van der Waals surface area contributed by atoms with Gasteiger partial charge in [-0.1, -0.05) is 16.8 Å². The molecular formula is C9H7ClN2O2. The molecule has 0 aliphatic carbocycles. The molecule has 0 saturated carbocycles. The van der Waals surface area contributed by atoms with Crippen LogP contribution in [0, 0.1) is 0 Å². The zero-order valence-corrected chi connectivity index (χ0v) is 7.81. The molecule has 0 spiro atoms. The predicted octanol–water partition coefficient (Wildman–Crippen LogP) is 1.82. The summed E-state index contributed by atoms with van der Waals surface area (Å²) in [6.45, 7) is 0. The van der Waals surface area contributed by atoms with Gasteiger partial charge in [0.1, 0.15) is 5.36 Å². The predicted molar refractivity (Wildman–Crippen MR) is 51.5 cm³/mol. The molecule has 2 rings (SSSR count). The summed E-state index contributed by atoms with van der Waals surface area (Å²) in [5.41, 5.74) is 0.493. The van der Waals surface area contributed by atoms with E-state index in [4.69, 9.17) is 16.8 Å². The van der Waals surface area contributed by atoms with E-state index in [0.717, 1.165) is 4.73 Å². The van der Waals surface area contributed by atoms with Gasteiger partial charge in [-0.2, -0.15) is 4.73 Å². The Balaban J connectivity index is 2.99. The van der Waals surface area contributed by atoms with Crippen LogP contribution in [0.5, 0.6) is 0 Å². The largest absolute Gasteiger partial charge is 0.428 e. The highest BCUT2D eigenvalue weighted by molar-refractivity contribution is 6.31. The highest BCUT2D eigenvalue weighted by atomic mass is 35.5. The summed E-state index contributed by atoms with van der Waals surface area (Å²) in [6.07, 6.45) is 1.38. The van der Waals surface area contributed by atoms with Crippen LogP contribution in [0.1, 0.15) is 0 Å². The maximum absolute atomic E-state index is 9.45. The number of nitrogens with zero attached hydrogens (tertiary/aromatic N) is 2. The van der Waals surface area contributed by atoms with Crippen LogP contribution < -0.4 is 5.36 Å². The lowest BCUT2D eigenvalue weighted by molar-refractivity contribution is 0.197. The van der Waals surface area contributed by atoms with Crippen LogP contribution in [0.15, 0.2) is 35.6 Å². The average molecular weight is 211 g/mol. The van der Waals surface area contributed by atoms with E-state index in [1.54, 1.807) is 18.2 Å².